The Morgan fingerprint density at radius 1 is 1.26 bits per heavy atom. The molecule has 0 unspecified atom stereocenters. The zero-order chi connectivity index (χ0) is 13.9. The van der Waals surface area contributed by atoms with E-state index < -0.39 is 5.41 Å². The lowest BCUT2D eigenvalue weighted by Gasteiger charge is -2.19. The van der Waals surface area contributed by atoms with Gasteiger partial charge in [0.25, 0.3) is 0 Å². The average Bonchev–Trinajstić information content (AvgIpc) is 2.59. The Hall–Kier alpha value is -1.93. The zero-order valence-electron chi connectivity index (χ0n) is 12.0. The van der Waals surface area contributed by atoms with Crippen molar-refractivity contribution in [3.8, 4) is 17.9 Å². The second-order valence-electron chi connectivity index (χ2n) is 5.67. The van der Waals surface area contributed by atoms with E-state index in [0.717, 1.165) is 18.5 Å². The third kappa shape index (κ3) is 3.09. The van der Waals surface area contributed by atoms with Gasteiger partial charge in [-0.25, -0.2) is 0 Å². The molecule has 0 saturated heterocycles. The van der Waals surface area contributed by atoms with Gasteiger partial charge in [0, 0.05) is 24.8 Å². The Balaban J connectivity index is 2.44. The van der Waals surface area contributed by atoms with Crippen molar-refractivity contribution < 1.29 is 0 Å². The molecule has 1 aromatic rings. The molecule has 0 amide bonds. The van der Waals surface area contributed by atoms with Crippen LogP contribution in [0, 0.1) is 28.6 Å². The molecule has 2 heteroatoms. The van der Waals surface area contributed by atoms with Gasteiger partial charge in [-0.1, -0.05) is 17.9 Å². The quantitative estimate of drug-likeness (QED) is 0.662. The number of benzene rings is 1. The molecule has 0 bridgehead atoms. The van der Waals surface area contributed by atoms with Crippen molar-refractivity contribution in [1.29, 1.82) is 5.26 Å². The highest BCUT2D eigenvalue weighted by Crippen LogP contribution is 2.28. The Bertz CT molecular complexity index is 567. The van der Waals surface area contributed by atoms with E-state index >= 15 is 0 Å². The number of anilines is 1. The largest absolute Gasteiger partial charge is 0.374 e. The van der Waals surface area contributed by atoms with Gasteiger partial charge in [0.15, 0.2) is 0 Å². The highest BCUT2D eigenvalue weighted by molar-refractivity contribution is 5.61. The van der Waals surface area contributed by atoms with Crippen molar-refractivity contribution in [2.24, 2.45) is 5.41 Å². The molecule has 1 aliphatic heterocycles. The van der Waals surface area contributed by atoms with Crippen molar-refractivity contribution in [1.82, 2.24) is 0 Å². The summed E-state index contributed by atoms with van der Waals surface area (Å²) in [5.74, 6) is 6.29. The second kappa shape index (κ2) is 5.37. The number of nitriles is 1. The molecule has 0 N–H and O–H groups in total. The van der Waals surface area contributed by atoms with Crippen LogP contribution in [0.2, 0.25) is 0 Å². The molecule has 0 atom stereocenters. The molecule has 2 rings (SSSR count). The summed E-state index contributed by atoms with van der Waals surface area (Å²) < 4.78 is 0. The summed E-state index contributed by atoms with van der Waals surface area (Å²) in [6.45, 7) is 4.81. The van der Waals surface area contributed by atoms with Gasteiger partial charge in [-0.3, -0.25) is 0 Å². The summed E-state index contributed by atoms with van der Waals surface area (Å²) in [4.78, 5) is 2.31. The minimum Gasteiger partial charge on any atom is -0.374 e. The molecule has 0 radical (unpaired) electrons. The monoisotopic (exact) mass is 252 g/mol. The lowest BCUT2D eigenvalue weighted by molar-refractivity contribution is 0.673. The van der Waals surface area contributed by atoms with Crippen molar-refractivity contribution in [2.45, 2.75) is 33.1 Å². The fraction of sp³-hybridized carbons (Fsp3) is 0.471. The molecule has 2 nitrogen and oxygen atoms in total. The van der Waals surface area contributed by atoms with Crippen LogP contribution in [0.1, 0.15) is 37.8 Å². The minimum absolute atomic E-state index is 0.584. The molecular formula is C17H20N2. The highest BCUT2D eigenvalue weighted by Gasteiger charge is 2.15. The van der Waals surface area contributed by atoms with Crippen molar-refractivity contribution in [3.05, 3.63) is 29.3 Å². The molecule has 0 fully saturated rings. The normalized spacial score (nSPS) is 14.7. The van der Waals surface area contributed by atoms with E-state index in [4.69, 9.17) is 5.26 Å². The predicted molar refractivity (Wildman–Crippen MR) is 78.9 cm³/mol. The lowest BCUT2D eigenvalue weighted by Crippen LogP contribution is -2.17. The third-order valence-corrected chi connectivity index (χ3v) is 3.52. The van der Waals surface area contributed by atoms with Crippen LogP contribution in [0.15, 0.2) is 18.2 Å². The lowest BCUT2D eigenvalue weighted by atomic mass is 9.95. The fourth-order valence-corrected chi connectivity index (χ4v) is 2.33. The number of fused-ring (bicyclic) bond motifs is 1. The summed E-state index contributed by atoms with van der Waals surface area (Å²) in [5, 5.41) is 9.04. The Labute approximate surface area is 116 Å². The van der Waals surface area contributed by atoms with Gasteiger partial charge in [-0.15, -0.1) is 0 Å². The first-order valence-electron chi connectivity index (χ1n) is 6.81. The van der Waals surface area contributed by atoms with Crippen LogP contribution >= 0.6 is 0 Å². The number of rotatable bonds is 0. The number of hydrogen-bond donors (Lipinski definition) is 0. The van der Waals surface area contributed by atoms with Gasteiger partial charge < -0.3 is 4.90 Å². The highest BCUT2D eigenvalue weighted by atomic mass is 15.1. The minimum atomic E-state index is -0.584. The van der Waals surface area contributed by atoms with Gasteiger partial charge in [0.05, 0.1) is 6.07 Å². The first kappa shape index (κ1) is 13.5. The molecule has 0 saturated carbocycles. The summed E-state index contributed by atoms with van der Waals surface area (Å²) >= 11 is 0. The fourth-order valence-electron chi connectivity index (χ4n) is 2.33. The smallest absolute Gasteiger partial charge is 0.112 e. The predicted octanol–water partition coefficient (Wildman–Crippen LogP) is 3.36. The van der Waals surface area contributed by atoms with Gasteiger partial charge in [0.2, 0.25) is 0 Å². The van der Waals surface area contributed by atoms with Crippen LogP contribution in [0.5, 0.6) is 0 Å². The van der Waals surface area contributed by atoms with E-state index in [9.17, 15) is 0 Å². The molecule has 1 aliphatic rings. The zero-order valence-corrected chi connectivity index (χ0v) is 12.0. The third-order valence-electron chi connectivity index (χ3n) is 3.52. The van der Waals surface area contributed by atoms with E-state index in [1.165, 1.54) is 24.1 Å². The van der Waals surface area contributed by atoms with Crippen molar-refractivity contribution in [2.75, 3.05) is 18.5 Å². The SMILES string of the molecule is CN1CCCCc2c(C#CC(C)(C)C#N)cccc21. The Morgan fingerprint density at radius 2 is 2.05 bits per heavy atom. The summed E-state index contributed by atoms with van der Waals surface area (Å²) in [6, 6.07) is 8.52. The summed E-state index contributed by atoms with van der Waals surface area (Å²) in [7, 11) is 2.14. The van der Waals surface area contributed by atoms with Gasteiger partial charge in [-0.2, -0.15) is 5.26 Å². The molecule has 0 aliphatic carbocycles. The first-order chi connectivity index (χ1) is 9.03. The summed E-state index contributed by atoms with van der Waals surface area (Å²) in [5.41, 5.74) is 3.12. The van der Waals surface area contributed by atoms with Crippen molar-refractivity contribution >= 4 is 5.69 Å². The Kier molecular flexibility index (Phi) is 3.82. The maximum Gasteiger partial charge on any atom is 0.112 e. The van der Waals surface area contributed by atoms with Crippen LogP contribution in [0.3, 0.4) is 0 Å². The van der Waals surface area contributed by atoms with E-state index in [0.29, 0.717) is 0 Å². The molecular weight excluding hydrogens is 232 g/mol. The molecule has 98 valence electrons. The van der Waals surface area contributed by atoms with Crippen LogP contribution in [-0.4, -0.2) is 13.6 Å². The molecule has 1 heterocycles. The second-order valence-corrected chi connectivity index (χ2v) is 5.67. The van der Waals surface area contributed by atoms with E-state index in [1.54, 1.807) is 0 Å². The van der Waals surface area contributed by atoms with Gasteiger partial charge in [0.1, 0.15) is 5.41 Å². The maximum atomic E-state index is 9.04. The van der Waals surface area contributed by atoms with E-state index in [-0.39, 0.29) is 0 Å². The van der Waals surface area contributed by atoms with E-state index in [1.807, 2.05) is 13.8 Å². The van der Waals surface area contributed by atoms with Gasteiger partial charge >= 0.3 is 0 Å². The maximum absolute atomic E-state index is 9.04. The van der Waals surface area contributed by atoms with Crippen LogP contribution in [0.25, 0.3) is 0 Å². The molecule has 1 aromatic carbocycles. The standard InChI is InChI=1S/C17H20N2/c1-17(2,13-18)11-10-14-7-6-9-16-15(14)8-4-5-12-19(16)3/h6-7,9H,4-5,8,12H2,1-3H3. The van der Waals surface area contributed by atoms with E-state index in [2.05, 4.69) is 48.1 Å². The van der Waals surface area contributed by atoms with Crippen LogP contribution in [0.4, 0.5) is 5.69 Å². The number of hydrogen-bond acceptors (Lipinski definition) is 2. The first-order valence-corrected chi connectivity index (χ1v) is 6.81. The topological polar surface area (TPSA) is 27.0 Å². The molecule has 0 aromatic heterocycles. The average molecular weight is 252 g/mol. The van der Waals surface area contributed by atoms with Crippen LogP contribution < -0.4 is 4.90 Å². The molecule has 19 heavy (non-hydrogen) atoms. The Morgan fingerprint density at radius 3 is 2.79 bits per heavy atom. The van der Waals surface area contributed by atoms with Crippen LogP contribution in [-0.2, 0) is 6.42 Å². The molecule has 0 spiro atoms. The van der Waals surface area contributed by atoms with Gasteiger partial charge in [-0.05, 0) is 50.8 Å². The van der Waals surface area contributed by atoms with Crippen molar-refractivity contribution in [3.63, 3.8) is 0 Å². The summed E-state index contributed by atoms with van der Waals surface area (Å²) in [6.07, 6.45) is 3.51. The number of nitrogens with zero attached hydrogens (tertiary/aromatic N) is 2.